The summed E-state index contributed by atoms with van der Waals surface area (Å²) in [6, 6.07) is 11.3. The van der Waals surface area contributed by atoms with E-state index in [1.807, 2.05) is 6.07 Å². The van der Waals surface area contributed by atoms with Crippen LogP contribution < -0.4 is 9.47 Å². The van der Waals surface area contributed by atoms with Crippen LogP contribution in [0.15, 0.2) is 54.7 Å². The van der Waals surface area contributed by atoms with Crippen molar-refractivity contribution in [2.24, 2.45) is 0 Å². The molecule has 0 fully saturated rings. The molecule has 0 N–H and O–H groups in total. The normalized spacial score (nSPS) is 12.8. The van der Waals surface area contributed by atoms with Gasteiger partial charge in [-0.2, -0.15) is 18.4 Å². The molecule has 1 atom stereocenters. The quantitative estimate of drug-likeness (QED) is 0.245. The molecule has 8 nitrogen and oxygen atoms in total. The van der Waals surface area contributed by atoms with Gasteiger partial charge in [0.15, 0.2) is 5.78 Å². The summed E-state index contributed by atoms with van der Waals surface area (Å²) in [7, 11) is 0. The molecule has 0 bridgehead atoms. The molecular formula is C24H17ClF3N3O5. The summed E-state index contributed by atoms with van der Waals surface area (Å²) in [5.41, 5.74) is -3.17. The number of carbonyl (C=O) groups excluding carboxylic acids is 1. The number of nitro groups is 1. The molecule has 12 heteroatoms. The first kappa shape index (κ1) is 26.4. The standard InChI is InChI=1S/C24H17ClF3N3O5/c1-3-21(32)23(13-29,17-7-4-14(2)10-18(17)25)36-20-11-16(6-8-19(20)31(33)34)35-22-9-5-15(12-30-22)24(26,27)28/h4-12H,3H2,1-2H3. The molecule has 0 radical (unpaired) electrons. The van der Waals surface area contributed by atoms with E-state index in [9.17, 15) is 33.3 Å². The van der Waals surface area contributed by atoms with Gasteiger partial charge in [0.05, 0.1) is 10.5 Å². The number of aromatic nitrogens is 1. The average Bonchev–Trinajstić information content (AvgIpc) is 2.82. The summed E-state index contributed by atoms with van der Waals surface area (Å²) in [6.07, 6.45) is -4.18. The van der Waals surface area contributed by atoms with Crippen LogP contribution in [0.2, 0.25) is 5.02 Å². The summed E-state index contributed by atoms with van der Waals surface area (Å²) in [5.74, 6) is -1.54. The number of benzene rings is 2. The van der Waals surface area contributed by atoms with Gasteiger partial charge in [0.25, 0.3) is 5.60 Å². The predicted octanol–water partition coefficient (Wildman–Crippen LogP) is 6.54. The van der Waals surface area contributed by atoms with E-state index in [1.54, 1.807) is 13.0 Å². The minimum Gasteiger partial charge on any atom is -0.453 e. The number of ketones is 1. The van der Waals surface area contributed by atoms with Crippen LogP contribution in [0, 0.1) is 28.4 Å². The SMILES string of the molecule is CCC(=O)C(C#N)(Oc1cc(Oc2ccc(C(F)(F)F)cn2)ccc1[N+](=O)[O-])c1ccc(C)cc1Cl. The maximum atomic E-state index is 13.0. The smallest absolute Gasteiger partial charge is 0.417 e. The van der Waals surface area contributed by atoms with Crippen molar-refractivity contribution >= 4 is 23.1 Å². The number of nitriles is 1. The third-order valence-electron chi connectivity index (χ3n) is 5.05. The van der Waals surface area contributed by atoms with Gasteiger partial charge < -0.3 is 9.47 Å². The van der Waals surface area contributed by atoms with E-state index in [1.165, 1.54) is 25.1 Å². The molecule has 3 rings (SSSR count). The highest BCUT2D eigenvalue weighted by molar-refractivity contribution is 6.32. The highest BCUT2D eigenvalue weighted by atomic mass is 35.5. The minimum atomic E-state index is -4.59. The van der Waals surface area contributed by atoms with Crippen molar-refractivity contribution in [2.75, 3.05) is 0 Å². The molecule has 0 aliphatic carbocycles. The molecule has 0 aliphatic rings. The number of carbonyl (C=O) groups is 1. The molecule has 3 aromatic rings. The van der Waals surface area contributed by atoms with Gasteiger partial charge in [-0.05, 0) is 30.7 Å². The number of nitro benzene ring substituents is 1. The van der Waals surface area contributed by atoms with Crippen LogP contribution in [0.4, 0.5) is 18.9 Å². The van der Waals surface area contributed by atoms with Gasteiger partial charge in [0, 0.05) is 41.4 Å². The Morgan fingerprint density at radius 1 is 1.19 bits per heavy atom. The number of nitrogens with zero attached hydrogens (tertiary/aromatic N) is 3. The van der Waals surface area contributed by atoms with Crippen molar-refractivity contribution in [3.05, 3.63) is 86.6 Å². The van der Waals surface area contributed by atoms with E-state index in [0.717, 1.165) is 29.8 Å². The van der Waals surface area contributed by atoms with Gasteiger partial charge in [0.2, 0.25) is 11.6 Å². The zero-order valence-electron chi connectivity index (χ0n) is 18.8. The first-order valence-corrected chi connectivity index (χ1v) is 10.7. The van der Waals surface area contributed by atoms with Crippen molar-refractivity contribution in [1.82, 2.24) is 4.98 Å². The number of hydrogen-bond acceptors (Lipinski definition) is 7. The van der Waals surface area contributed by atoms with Gasteiger partial charge in [-0.15, -0.1) is 0 Å². The molecule has 36 heavy (non-hydrogen) atoms. The van der Waals surface area contributed by atoms with E-state index >= 15 is 0 Å². The van der Waals surface area contributed by atoms with Crippen molar-refractivity contribution in [2.45, 2.75) is 32.0 Å². The van der Waals surface area contributed by atoms with Crippen LogP contribution in [0.3, 0.4) is 0 Å². The Hall–Kier alpha value is -4.17. The van der Waals surface area contributed by atoms with Crippen molar-refractivity contribution in [3.63, 3.8) is 0 Å². The van der Waals surface area contributed by atoms with E-state index in [0.29, 0.717) is 6.20 Å². The molecule has 1 aromatic heterocycles. The fourth-order valence-electron chi connectivity index (χ4n) is 3.25. The second-order valence-corrected chi connectivity index (χ2v) is 7.93. The molecular weight excluding hydrogens is 503 g/mol. The van der Waals surface area contributed by atoms with Crippen LogP contribution in [-0.4, -0.2) is 15.7 Å². The Bertz CT molecular complexity index is 1360. The Balaban J connectivity index is 2.08. The molecule has 0 amide bonds. The fourth-order valence-corrected chi connectivity index (χ4v) is 3.61. The third-order valence-corrected chi connectivity index (χ3v) is 5.36. The fraction of sp³-hybridized carbons (Fsp3) is 0.208. The first-order chi connectivity index (χ1) is 16.9. The van der Waals surface area contributed by atoms with Gasteiger partial charge in [0.1, 0.15) is 11.8 Å². The van der Waals surface area contributed by atoms with Gasteiger partial charge >= 0.3 is 11.9 Å². The lowest BCUT2D eigenvalue weighted by molar-refractivity contribution is -0.386. The van der Waals surface area contributed by atoms with E-state index < -0.39 is 39.5 Å². The third kappa shape index (κ3) is 5.39. The highest BCUT2D eigenvalue weighted by Crippen LogP contribution is 2.41. The lowest BCUT2D eigenvalue weighted by Gasteiger charge is -2.27. The van der Waals surface area contributed by atoms with Gasteiger partial charge in [-0.3, -0.25) is 14.9 Å². The number of hydrogen-bond donors (Lipinski definition) is 0. The number of rotatable bonds is 8. The Labute approximate surface area is 208 Å². The molecule has 0 saturated heterocycles. The maximum Gasteiger partial charge on any atom is 0.417 e. The number of pyridine rings is 1. The minimum absolute atomic E-state index is 0.00542. The Kier molecular flexibility index (Phi) is 7.50. The molecule has 0 spiro atoms. The number of ether oxygens (including phenoxy) is 2. The van der Waals surface area contributed by atoms with Crippen molar-refractivity contribution in [3.8, 4) is 23.4 Å². The zero-order valence-corrected chi connectivity index (χ0v) is 19.6. The molecule has 0 saturated carbocycles. The number of alkyl halides is 3. The summed E-state index contributed by atoms with van der Waals surface area (Å²) in [6.45, 7) is 3.23. The van der Waals surface area contributed by atoms with E-state index in [2.05, 4.69) is 4.98 Å². The Morgan fingerprint density at radius 3 is 2.44 bits per heavy atom. The Morgan fingerprint density at radius 2 is 1.92 bits per heavy atom. The molecule has 1 unspecified atom stereocenters. The second kappa shape index (κ2) is 10.2. The van der Waals surface area contributed by atoms with Crippen LogP contribution >= 0.6 is 11.6 Å². The van der Waals surface area contributed by atoms with Gasteiger partial charge in [-0.25, -0.2) is 4.98 Å². The summed E-state index contributed by atoms with van der Waals surface area (Å²) < 4.78 is 49.5. The van der Waals surface area contributed by atoms with E-state index in [4.69, 9.17) is 21.1 Å². The predicted molar refractivity (Wildman–Crippen MR) is 122 cm³/mol. The second-order valence-electron chi connectivity index (χ2n) is 7.53. The number of Topliss-reactive ketones (excluding diaryl/α,β-unsaturated/α-hetero) is 1. The maximum absolute atomic E-state index is 13.0. The van der Waals surface area contributed by atoms with Crippen LogP contribution in [0.1, 0.15) is 30.0 Å². The molecule has 0 aliphatic heterocycles. The summed E-state index contributed by atoms with van der Waals surface area (Å²) in [4.78, 5) is 27.4. The highest BCUT2D eigenvalue weighted by Gasteiger charge is 2.45. The molecule has 186 valence electrons. The largest absolute Gasteiger partial charge is 0.453 e. The lowest BCUT2D eigenvalue weighted by Crippen LogP contribution is -2.40. The first-order valence-electron chi connectivity index (χ1n) is 10.3. The van der Waals surface area contributed by atoms with Crippen LogP contribution in [0.25, 0.3) is 0 Å². The average molecular weight is 520 g/mol. The zero-order chi connectivity index (χ0) is 26.7. The monoisotopic (exact) mass is 519 g/mol. The lowest BCUT2D eigenvalue weighted by atomic mass is 9.88. The molecule has 2 aromatic carbocycles. The molecule has 1 heterocycles. The number of aryl methyl sites for hydroxylation is 1. The topological polar surface area (TPSA) is 115 Å². The van der Waals surface area contributed by atoms with Crippen LogP contribution in [-0.2, 0) is 16.6 Å². The van der Waals surface area contributed by atoms with Crippen molar-refractivity contribution < 1.29 is 32.4 Å². The summed E-state index contributed by atoms with van der Waals surface area (Å²) in [5, 5.41) is 21.8. The number of halogens is 4. The van der Waals surface area contributed by atoms with Gasteiger partial charge in [-0.1, -0.05) is 30.7 Å². The summed E-state index contributed by atoms with van der Waals surface area (Å²) >= 11 is 6.32. The van der Waals surface area contributed by atoms with Crippen molar-refractivity contribution in [1.29, 1.82) is 5.26 Å². The van der Waals surface area contributed by atoms with E-state index in [-0.39, 0.29) is 28.6 Å². The van der Waals surface area contributed by atoms with Crippen LogP contribution in [0.5, 0.6) is 17.4 Å².